The van der Waals surface area contributed by atoms with E-state index < -0.39 is 30.0 Å². The molecule has 7 nitrogen and oxygen atoms in total. The summed E-state index contributed by atoms with van der Waals surface area (Å²) in [6, 6.07) is 17.5. The second kappa shape index (κ2) is 10.8. The number of carbonyl (C=O) groups excluding carboxylic acids is 1. The van der Waals surface area contributed by atoms with Crippen LogP contribution >= 0.6 is 0 Å². The molecule has 36 heavy (non-hydrogen) atoms. The van der Waals surface area contributed by atoms with Crippen LogP contribution in [0.15, 0.2) is 60.1 Å². The average Bonchev–Trinajstić information content (AvgIpc) is 3.08. The molecular formula is C28H37BN2O5. The molecule has 0 aromatic heterocycles. The predicted molar refractivity (Wildman–Crippen MR) is 141 cm³/mol. The molecule has 0 unspecified atom stereocenters. The summed E-state index contributed by atoms with van der Waals surface area (Å²) in [7, 11) is -0.613. The lowest BCUT2D eigenvalue weighted by Gasteiger charge is -2.33. The topological polar surface area (TPSA) is 89.1 Å². The first kappa shape index (κ1) is 26.4. The van der Waals surface area contributed by atoms with E-state index >= 15 is 0 Å². The predicted octanol–water partition coefficient (Wildman–Crippen LogP) is 4.20. The molecule has 2 saturated heterocycles. The van der Waals surface area contributed by atoms with Crippen LogP contribution in [-0.2, 0) is 26.3 Å². The fourth-order valence-corrected chi connectivity index (χ4v) is 4.38. The quantitative estimate of drug-likeness (QED) is 0.503. The second-order valence-corrected chi connectivity index (χ2v) is 10.6. The highest BCUT2D eigenvalue weighted by atomic mass is 16.7. The first-order valence-corrected chi connectivity index (χ1v) is 12.6. The zero-order valence-electron chi connectivity index (χ0n) is 21.7. The van der Waals surface area contributed by atoms with Gasteiger partial charge in [0.25, 0.3) is 0 Å². The van der Waals surface area contributed by atoms with Crippen molar-refractivity contribution in [3.8, 4) is 0 Å². The maximum absolute atomic E-state index is 12.4. The van der Waals surface area contributed by atoms with Gasteiger partial charge in [-0.15, -0.1) is 0 Å². The van der Waals surface area contributed by atoms with Crippen LogP contribution in [0.5, 0.6) is 0 Å². The van der Waals surface area contributed by atoms with E-state index in [1.165, 1.54) is 0 Å². The molecule has 2 aliphatic heterocycles. The Morgan fingerprint density at radius 1 is 1.03 bits per heavy atom. The number of hydrogen-bond acceptors (Lipinski definition) is 6. The van der Waals surface area contributed by atoms with Crippen molar-refractivity contribution in [1.29, 1.82) is 0 Å². The first-order chi connectivity index (χ1) is 17.1. The van der Waals surface area contributed by atoms with Crippen LogP contribution in [0.1, 0.15) is 57.2 Å². The molecule has 0 bridgehead atoms. The summed E-state index contributed by atoms with van der Waals surface area (Å²) in [5.74, 6) is 0. The Kier molecular flexibility index (Phi) is 7.90. The van der Waals surface area contributed by atoms with Crippen LogP contribution in [0.2, 0.25) is 0 Å². The van der Waals surface area contributed by atoms with E-state index in [1.807, 2.05) is 88.4 Å². The fourth-order valence-electron chi connectivity index (χ4n) is 4.38. The van der Waals surface area contributed by atoms with Crippen LogP contribution in [0.3, 0.4) is 0 Å². The van der Waals surface area contributed by atoms with Crippen LogP contribution in [-0.4, -0.2) is 49.2 Å². The Morgan fingerprint density at radius 2 is 1.64 bits per heavy atom. The standard InChI is InChI=1S/C28H37BN2O5/c1-26(2)27(3,4)36-29(35-26)24(19-31-25(32)34-20-22-8-6-5-7-9-22)18-21-10-12-23(13-11-21)28(33)14-16-30-17-15-28/h5-13,18,30,33H,14-17,19-20H2,1-4H3,(H,31,32). The van der Waals surface area contributed by atoms with E-state index in [1.54, 1.807) is 0 Å². The number of aliphatic hydroxyl groups is 1. The summed E-state index contributed by atoms with van der Waals surface area (Å²) >= 11 is 0. The Bertz CT molecular complexity index is 1050. The first-order valence-electron chi connectivity index (χ1n) is 12.6. The molecule has 192 valence electrons. The maximum Gasteiger partial charge on any atom is 0.492 e. The molecular weight excluding hydrogens is 455 g/mol. The van der Waals surface area contributed by atoms with Gasteiger partial charge in [-0.1, -0.05) is 60.7 Å². The van der Waals surface area contributed by atoms with Gasteiger partial charge in [0.05, 0.1) is 16.8 Å². The zero-order chi connectivity index (χ0) is 25.8. The Morgan fingerprint density at radius 3 is 2.25 bits per heavy atom. The molecule has 2 fully saturated rings. The van der Waals surface area contributed by atoms with Crippen LogP contribution in [0.25, 0.3) is 6.08 Å². The van der Waals surface area contributed by atoms with Crippen LogP contribution in [0, 0.1) is 0 Å². The number of ether oxygens (including phenoxy) is 1. The monoisotopic (exact) mass is 492 g/mol. The van der Waals surface area contributed by atoms with E-state index in [0.717, 1.165) is 35.3 Å². The van der Waals surface area contributed by atoms with Crippen molar-refractivity contribution < 1.29 is 23.9 Å². The number of piperidine rings is 1. The van der Waals surface area contributed by atoms with Gasteiger partial charge in [0.2, 0.25) is 0 Å². The van der Waals surface area contributed by atoms with Gasteiger partial charge >= 0.3 is 13.2 Å². The maximum atomic E-state index is 12.4. The number of benzene rings is 2. The summed E-state index contributed by atoms with van der Waals surface area (Å²) in [5.41, 5.74) is 1.73. The van der Waals surface area contributed by atoms with E-state index in [4.69, 9.17) is 14.0 Å². The smallest absolute Gasteiger partial charge is 0.445 e. The third-order valence-corrected chi connectivity index (χ3v) is 7.44. The van der Waals surface area contributed by atoms with Gasteiger partial charge in [0, 0.05) is 6.54 Å². The molecule has 0 saturated carbocycles. The SMILES string of the molecule is CC1(C)OB(C(=Cc2ccc(C3(O)CCNCC3)cc2)CNC(=O)OCc2ccccc2)OC1(C)C. The highest BCUT2D eigenvalue weighted by Crippen LogP contribution is 2.39. The lowest BCUT2D eigenvalue weighted by atomic mass is 9.76. The molecule has 1 amide bonds. The fraction of sp³-hybridized carbons (Fsp3) is 0.464. The third kappa shape index (κ3) is 6.18. The van der Waals surface area contributed by atoms with Gasteiger partial charge in [0.15, 0.2) is 0 Å². The van der Waals surface area contributed by atoms with Gasteiger partial charge in [-0.25, -0.2) is 4.79 Å². The summed E-state index contributed by atoms with van der Waals surface area (Å²) in [4.78, 5) is 12.4. The lowest BCUT2D eigenvalue weighted by molar-refractivity contribution is 0.00578. The number of amides is 1. The van der Waals surface area contributed by atoms with E-state index in [0.29, 0.717) is 12.8 Å². The Balaban J connectivity index is 1.48. The molecule has 0 radical (unpaired) electrons. The minimum atomic E-state index is -0.799. The minimum Gasteiger partial charge on any atom is -0.445 e. The van der Waals surface area contributed by atoms with Crippen molar-refractivity contribution in [1.82, 2.24) is 10.6 Å². The molecule has 2 aromatic carbocycles. The van der Waals surface area contributed by atoms with Gasteiger partial charge in [-0.2, -0.15) is 0 Å². The number of alkyl carbamates (subject to hydrolysis) is 1. The van der Waals surface area contributed by atoms with Gasteiger partial charge in [0.1, 0.15) is 6.61 Å². The molecule has 2 aromatic rings. The average molecular weight is 492 g/mol. The van der Waals surface area contributed by atoms with Crippen molar-refractivity contribution in [2.24, 2.45) is 0 Å². The highest BCUT2D eigenvalue weighted by molar-refractivity contribution is 6.56. The number of carbonyl (C=O) groups is 1. The van der Waals surface area contributed by atoms with E-state index in [-0.39, 0.29) is 13.2 Å². The molecule has 3 N–H and O–H groups in total. The molecule has 0 aliphatic carbocycles. The molecule has 8 heteroatoms. The van der Waals surface area contributed by atoms with Crippen LogP contribution in [0.4, 0.5) is 4.79 Å². The van der Waals surface area contributed by atoms with Crippen molar-refractivity contribution in [3.63, 3.8) is 0 Å². The summed E-state index contributed by atoms with van der Waals surface area (Å²) < 4.78 is 17.9. The third-order valence-electron chi connectivity index (χ3n) is 7.44. The Labute approximate surface area is 214 Å². The summed E-state index contributed by atoms with van der Waals surface area (Å²) in [6.07, 6.45) is 2.84. The molecule has 4 rings (SSSR count). The summed E-state index contributed by atoms with van der Waals surface area (Å²) in [6.45, 7) is 10.0. The van der Waals surface area contributed by atoms with Crippen molar-refractivity contribution in [2.45, 2.75) is 63.9 Å². The normalized spacial score (nSPS) is 20.7. The minimum absolute atomic E-state index is 0.197. The highest BCUT2D eigenvalue weighted by Gasteiger charge is 2.52. The van der Waals surface area contributed by atoms with Crippen molar-refractivity contribution in [2.75, 3.05) is 19.6 Å². The zero-order valence-corrected chi connectivity index (χ0v) is 21.7. The number of rotatable bonds is 7. The molecule has 0 spiro atoms. The lowest BCUT2D eigenvalue weighted by Crippen LogP contribution is -2.41. The van der Waals surface area contributed by atoms with E-state index in [2.05, 4.69) is 10.6 Å². The molecule has 2 heterocycles. The van der Waals surface area contributed by atoms with Gasteiger partial charge in [-0.05, 0) is 75.8 Å². The second-order valence-electron chi connectivity index (χ2n) is 10.6. The van der Waals surface area contributed by atoms with E-state index in [9.17, 15) is 9.90 Å². The Hall–Kier alpha value is -2.65. The molecule has 2 aliphatic rings. The molecule has 0 atom stereocenters. The van der Waals surface area contributed by atoms with Crippen LogP contribution < -0.4 is 10.6 Å². The van der Waals surface area contributed by atoms with Gasteiger partial charge in [-0.3, -0.25) is 0 Å². The van der Waals surface area contributed by atoms with Crippen molar-refractivity contribution in [3.05, 3.63) is 76.8 Å². The van der Waals surface area contributed by atoms with Crippen molar-refractivity contribution >= 4 is 19.3 Å². The summed E-state index contributed by atoms with van der Waals surface area (Å²) in [5, 5.41) is 17.2. The largest absolute Gasteiger partial charge is 0.492 e. The van der Waals surface area contributed by atoms with Gasteiger partial charge < -0.3 is 29.8 Å². The number of nitrogens with one attached hydrogen (secondary N) is 2. The number of hydrogen-bond donors (Lipinski definition) is 3.